The molecule has 128 valence electrons. The second-order valence-electron chi connectivity index (χ2n) is 6.16. The number of hydrogen-bond donors (Lipinski definition) is 1. The van der Waals surface area contributed by atoms with Crippen molar-refractivity contribution < 1.29 is 9.47 Å². The number of nitrogens with two attached hydrogens (primary N) is 1. The fourth-order valence-electron chi connectivity index (χ4n) is 3.45. The predicted octanol–water partition coefficient (Wildman–Crippen LogP) is 3.49. The van der Waals surface area contributed by atoms with Crippen LogP contribution in [0.1, 0.15) is 11.1 Å². The summed E-state index contributed by atoms with van der Waals surface area (Å²) in [6.45, 7) is 0.277. The Labute approximate surface area is 154 Å². The minimum atomic E-state index is -0.808. The lowest BCUT2D eigenvalue weighted by molar-refractivity contribution is 0.264. The maximum Gasteiger partial charge on any atom is 0.283 e. The van der Waals surface area contributed by atoms with Crippen LogP contribution in [0.5, 0.6) is 11.5 Å². The van der Waals surface area contributed by atoms with Crippen LogP contribution in [0.4, 0.5) is 0 Å². The van der Waals surface area contributed by atoms with Gasteiger partial charge in [0.2, 0.25) is 0 Å². The molecular formula is C19H13ClN4O2. The molecule has 2 aromatic heterocycles. The molecule has 0 bridgehead atoms. The van der Waals surface area contributed by atoms with Gasteiger partial charge in [-0.05, 0) is 29.8 Å². The summed E-state index contributed by atoms with van der Waals surface area (Å²) < 4.78 is 11.6. The molecule has 2 aliphatic rings. The van der Waals surface area contributed by atoms with Crippen molar-refractivity contribution in [3.63, 3.8) is 0 Å². The Morgan fingerprint density at radius 3 is 2.69 bits per heavy atom. The molecule has 0 saturated carbocycles. The lowest BCUT2D eigenvalue weighted by Gasteiger charge is -2.33. The average molecular weight is 365 g/mol. The number of hydrogen-bond acceptors (Lipinski definition) is 6. The molecule has 0 radical (unpaired) electrons. The largest absolute Gasteiger partial charge is 0.462 e. The molecule has 0 amide bonds. The summed E-state index contributed by atoms with van der Waals surface area (Å²) >= 11 is 6.13. The molecule has 1 unspecified atom stereocenters. The van der Waals surface area contributed by atoms with Crippen LogP contribution in [0.3, 0.4) is 0 Å². The van der Waals surface area contributed by atoms with Crippen LogP contribution in [-0.2, 0) is 10.3 Å². The molecule has 1 aromatic carbocycles. The van der Waals surface area contributed by atoms with Gasteiger partial charge in [0.1, 0.15) is 17.5 Å². The smallest absolute Gasteiger partial charge is 0.283 e. The second-order valence-corrected chi connectivity index (χ2v) is 6.54. The molecule has 7 heteroatoms. The molecule has 3 aromatic rings. The number of aliphatic imine (C=N–C) groups is 1. The van der Waals surface area contributed by atoms with E-state index >= 15 is 0 Å². The molecule has 2 N–H and O–H groups in total. The van der Waals surface area contributed by atoms with E-state index in [4.69, 9.17) is 26.8 Å². The SMILES string of the molecule is NC1=NC2(CO1)c1cc(-c3cccnc3)ccc1Oc1cnc(Cl)cc12. The number of rotatable bonds is 1. The summed E-state index contributed by atoms with van der Waals surface area (Å²) in [6, 6.07) is 11.7. The Kier molecular flexibility index (Phi) is 3.17. The molecule has 6 nitrogen and oxygen atoms in total. The number of ether oxygens (including phenoxy) is 2. The number of aromatic nitrogens is 2. The molecule has 0 fully saturated rings. The van der Waals surface area contributed by atoms with Gasteiger partial charge in [-0.1, -0.05) is 23.7 Å². The van der Waals surface area contributed by atoms with E-state index in [1.165, 1.54) is 0 Å². The molecule has 0 saturated heterocycles. The van der Waals surface area contributed by atoms with Crippen LogP contribution in [0.15, 0.2) is 60.0 Å². The first-order chi connectivity index (χ1) is 12.7. The van der Waals surface area contributed by atoms with Crippen molar-refractivity contribution >= 4 is 17.6 Å². The van der Waals surface area contributed by atoms with E-state index in [0.29, 0.717) is 16.7 Å². The third-order valence-electron chi connectivity index (χ3n) is 4.65. The lowest BCUT2D eigenvalue weighted by atomic mass is 9.81. The van der Waals surface area contributed by atoms with Crippen molar-refractivity contribution in [2.24, 2.45) is 10.7 Å². The van der Waals surface area contributed by atoms with E-state index < -0.39 is 5.54 Å². The minimum absolute atomic E-state index is 0.142. The maximum absolute atomic E-state index is 6.13. The molecule has 5 rings (SSSR count). The number of fused-ring (bicyclic) bond motifs is 4. The standard InChI is InChI=1S/C19H13ClN4O2/c20-17-7-14-16(9-23-17)26-15-4-3-11(12-2-1-5-22-8-12)6-13(15)19(14)10-25-18(21)24-19/h1-9H,10H2,(H2,21,24). The molecule has 1 atom stereocenters. The van der Waals surface area contributed by atoms with Gasteiger partial charge in [-0.25, -0.2) is 9.98 Å². The van der Waals surface area contributed by atoms with Crippen molar-refractivity contribution in [3.05, 3.63) is 71.3 Å². The molecule has 1 spiro atoms. The Bertz CT molecular complexity index is 1050. The van der Waals surface area contributed by atoms with Gasteiger partial charge < -0.3 is 15.2 Å². The highest BCUT2D eigenvalue weighted by atomic mass is 35.5. The quantitative estimate of drug-likeness (QED) is 0.668. The first-order valence-electron chi connectivity index (χ1n) is 8.03. The summed E-state index contributed by atoms with van der Waals surface area (Å²) in [7, 11) is 0. The highest BCUT2D eigenvalue weighted by Crippen LogP contribution is 2.51. The van der Waals surface area contributed by atoms with Gasteiger partial charge in [-0.2, -0.15) is 0 Å². The lowest BCUT2D eigenvalue weighted by Crippen LogP contribution is -2.31. The number of pyridine rings is 2. The maximum atomic E-state index is 6.13. The van der Waals surface area contributed by atoms with E-state index in [9.17, 15) is 0 Å². The van der Waals surface area contributed by atoms with Crippen molar-refractivity contribution in [2.75, 3.05) is 6.61 Å². The van der Waals surface area contributed by atoms with Crippen molar-refractivity contribution in [3.8, 4) is 22.6 Å². The van der Waals surface area contributed by atoms with Gasteiger partial charge in [-0.15, -0.1) is 0 Å². The second kappa shape index (κ2) is 5.44. The molecule has 0 aliphatic carbocycles. The average Bonchev–Trinajstić information content (AvgIpc) is 3.06. The molecule has 2 aliphatic heterocycles. The van der Waals surface area contributed by atoms with E-state index in [-0.39, 0.29) is 12.6 Å². The van der Waals surface area contributed by atoms with Gasteiger partial charge in [0.05, 0.1) is 6.20 Å². The normalized spacial score (nSPS) is 20.0. The summed E-state index contributed by atoms with van der Waals surface area (Å²) in [5, 5.41) is 0.360. The van der Waals surface area contributed by atoms with Gasteiger partial charge in [-0.3, -0.25) is 4.98 Å². The first-order valence-corrected chi connectivity index (χ1v) is 8.40. The number of nitrogens with zero attached hydrogens (tertiary/aromatic N) is 3. The van der Waals surface area contributed by atoms with Crippen LogP contribution in [-0.4, -0.2) is 22.6 Å². The Hall–Kier alpha value is -3.12. The van der Waals surface area contributed by atoms with Crippen LogP contribution in [0, 0.1) is 0 Å². The Balaban J connectivity index is 1.76. The van der Waals surface area contributed by atoms with E-state index in [1.54, 1.807) is 18.5 Å². The third-order valence-corrected chi connectivity index (χ3v) is 4.86. The monoisotopic (exact) mass is 364 g/mol. The number of halogens is 1. The van der Waals surface area contributed by atoms with Crippen molar-refractivity contribution in [1.29, 1.82) is 0 Å². The van der Waals surface area contributed by atoms with Gasteiger partial charge in [0.25, 0.3) is 6.02 Å². The minimum Gasteiger partial charge on any atom is -0.462 e. The van der Waals surface area contributed by atoms with Crippen LogP contribution < -0.4 is 10.5 Å². The summed E-state index contributed by atoms with van der Waals surface area (Å²) in [4.78, 5) is 12.9. The van der Waals surface area contributed by atoms with Gasteiger partial charge in [0.15, 0.2) is 11.3 Å². The molecule has 4 heterocycles. The van der Waals surface area contributed by atoms with Gasteiger partial charge in [0, 0.05) is 29.1 Å². The van der Waals surface area contributed by atoms with E-state index in [2.05, 4.69) is 15.0 Å². The zero-order valence-corrected chi connectivity index (χ0v) is 14.3. The summed E-state index contributed by atoms with van der Waals surface area (Å²) in [5.74, 6) is 1.29. The van der Waals surface area contributed by atoms with E-state index in [1.807, 2.05) is 36.5 Å². The zero-order chi connectivity index (χ0) is 17.7. The highest BCUT2D eigenvalue weighted by Gasteiger charge is 2.47. The summed E-state index contributed by atoms with van der Waals surface area (Å²) in [5.41, 5.74) is 8.72. The third kappa shape index (κ3) is 2.16. The Morgan fingerprint density at radius 1 is 1.04 bits per heavy atom. The number of benzene rings is 1. The highest BCUT2D eigenvalue weighted by molar-refractivity contribution is 6.29. The first kappa shape index (κ1) is 15.2. The predicted molar refractivity (Wildman–Crippen MR) is 97.3 cm³/mol. The topological polar surface area (TPSA) is 82.6 Å². The Morgan fingerprint density at radius 2 is 1.92 bits per heavy atom. The number of amidine groups is 1. The zero-order valence-electron chi connectivity index (χ0n) is 13.5. The van der Waals surface area contributed by atoms with E-state index in [0.717, 1.165) is 22.3 Å². The molecular weight excluding hydrogens is 352 g/mol. The van der Waals surface area contributed by atoms with Crippen molar-refractivity contribution in [1.82, 2.24) is 9.97 Å². The fourth-order valence-corrected chi connectivity index (χ4v) is 3.61. The van der Waals surface area contributed by atoms with Crippen LogP contribution in [0.25, 0.3) is 11.1 Å². The van der Waals surface area contributed by atoms with Crippen LogP contribution >= 0.6 is 11.6 Å². The summed E-state index contributed by atoms with van der Waals surface area (Å²) in [6.07, 6.45) is 5.16. The van der Waals surface area contributed by atoms with Crippen LogP contribution in [0.2, 0.25) is 5.15 Å². The fraction of sp³-hybridized carbons (Fsp3) is 0.105. The van der Waals surface area contributed by atoms with Gasteiger partial charge >= 0.3 is 0 Å². The van der Waals surface area contributed by atoms with Crippen molar-refractivity contribution in [2.45, 2.75) is 5.54 Å². The molecule has 26 heavy (non-hydrogen) atoms.